The SMILES string of the molecule is COC(=O)c1sc(NC(=O)CSc2ccc(F)cc2)c(C(N)=O)c1C. The summed E-state index contributed by atoms with van der Waals surface area (Å²) in [7, 11) is 1.23. The maximum absolute atomic E-state index is 12.9. The highest BCUT2D eigenvalue weighted by atomic mass is 32.2. The van der Waals surface area contributed by atoms with E-state index in [1.807, 2.05) is 0 Å². The van der Waals surface area contributed by atoms with Gasteiger partial charge in [-0.15, -0.1) is 23.1 Å². The second-order valence-electron chi connectivity index (χ2n) is 4.91. The van der Waals surface area contributed by atoms with Gasteiger partial charge >= 0.3 is 5.97 Å². The molecule has 0 radical (unpaired) electrons. The number of nitrogens with two attached hydrogens (primary N) is 1. The molecule has 0 aliphatic carbocycles. The fourth-order valence-corrected chi connectivity index (χ4v) is 3.87. The van der Waals surface area contributed by atoms with E-state index in [4.69, 9.17) is 5.73 Å². The lowest BCUT2D eigenvalue weighted by molar-refractivity contribution is -0.113. The van der Waals surface area contributed by atoms with Gasteiger partial charge in [0.15, 0.2) is 0 Å². The third-order valence-corrected chi connectivity index (χ3v) is 5.40. The first-order valence-electron chi connectivity index (χ1n) is 7.03. The van der Waals surface area contributed by atoms with Gasteiger partial charge in [-0.25, -0.2) is 9.18 Å². The lowest BCUT2D eigenvalue weighted by Crippen LogP contribution is -2.18. The monoisotopic (exact) mass is 382 g/mol. The summed E-state index contributed by atoms with van der Waals surface area (Å²) < 4.78 is 17.5. The molecule has 0 saturated carbocycles. The smallest absolute Gasteiger partial charge is 0.348 e. The van der Waals surface area contributed by atoms with Crippen LogP contribution >= 0.6 is 23.1 Å². The van der Waals surface area contributed by atoms with Crippen LogP contribution < -0.4 is 11.1 Å². The number of methoxy groups -OCH3 is 1. The number of amides is 2. The molecule has 0 unspecified atom stereocenters. The predicted octanol–water partition coefficient (Wildman–Crippen LogP) is 2.81. The van der Waals surface area contributed by atoms with E-state index in [1.165, 1.54) is 31.0 Å². The third kappa shape index (κ3) is 4.58. The minimum atomic E-state index is -0.745. The molecule has 0 saturated heterocycles. The highest BCUT2D eigenvalue weighted by molar-refractivity contribution is 8.00. The van der Waals surface area contributed by atoms with Gasteiger partial charge in [-0.1, -0.05) is 0 Å². The van der Waals surface area contributed by atoms with Crippen LogP contribution in [0.3, 0.4) is 0 Å². The minimum absolute atomic E-state index is 0.0499. The molecule has 0 spiro atoms. The number of halogens is 1. The van der Waals surface area contributed by atoms with Crippen LogP contribution in [0, 0.1) is 12.7 Å². The van der Waals surface area contributed by atoms with Crippen molar-refractivity contribution < 1.29 is 23.5 Å². The Labute approximate surface area is 151 Å². The van der Waals surface area contributed by atoms with Gasteiger partial charge in [-0.2, -0.15) is 0 Å². The highest BCUT2D eigenvalue weighted by Gasteiger charge is 2.24. The van der Waals surface area contributed by atoms with Crippen molar-refractivity contribution in [3.63, 3.8) is 0 Å². The zero-order chi connectivity index (χ0) is 18.6. The molecule has 2 aromatic rings. The van der Waals surface area contributed by atoms with E-state index < -0.39 is 11.9 Å². The molecule has 1 heterocycles. The van der Waals surface area contributed by atoms with E-state index in [-0.39, 0.29) is 32.9 Å². The number of benzene rings is 1. The van der Waals surface area contributed by atoms with Crippen molar-refractivity contribution in [1.29, 1.82) is 0 Å². The van der Waals surface area contributed by atoms with Crippen molar-refractivity contribution in [2.24, 2.45) is 5.73 Å². The van der Waals surface area contributed by atoms with E-state index in [1.54, 1.807) is 19.1 Å². The number of primary amides is 1. The Morgan fingerprint density at radius 2 is 1.92 bits per heavy atom. The molecule has 0 fully saturated rings. The summed E-state index contributed by atoms with van der Waals surface area (Å²) in [5, 5.41) is 2.79. The molecule has 1 aromatic carbocycles. The third-order valence-electron chi connectivity index (χ3n) is 3.20. The normalized spacial score (nSPS) is 10.4. The molecular weight excluding hydrogens is 367 g/mol. The largest absolute Gasteiger partial charge is 0.465 e. The maximum atomic E-state index is 12.9. The number of thioether (sulfide) groups is 1. The number of hydrogen-bond donors (Lipinski definition) is 2. The Kier molecular flexibility index (Phi) is 6.16. The molecule has 0 atom stereocenters. The van der Waals surface area contributed by atoms with Gasteiger partial charge in [0.1, 0.15) is 15.7 Å². The van der Waals surface area contributed by atoms with E-state index in [0.717, 1.165) is 16.2 Å². The molecule has 1 aromatic heterocycles. The second-order valence-corrected chi connectivity index (χ2v) is 6.98. The summed E-state index contributed by atoms with van der Waals surface area (Å²) in [6, 6.07) is 5.73. The number of rotatable bonds is 6. The summed E-state index contributed by atoms with van der Waals surface area (Å²) >= 11 is 2.14. The van der Waals surface area contributed by atoms with Gasteiger partial charge in [-0.3, -0.25) is 9.59 Å². The Bertz CT molecular complexity index is 818. The van der Waals surface area contributed by atoms with Gasteiger partial charge in [0.25, 0.3) is 5.91 Å². The van der Waals surface area contributed by atoms with Gasteiger partial charge < -0.3 is 15.8 Å². The summed E-state index contributed by atoms with van der Waals surface area (Å²) in [5.74, 6) is -2.04. The van der Waals surface area contributed by atoms with E-state index in [9.17, 15) is 18.8 Å². The number of esters is 1. The highest BCUT2D eigenvalue weighted by Crippen LogP contribution is 2.33. The topological polar surface area (TPSA) is 98.5 Å². The molecule has 132 valence electrons. The van der Waals surface area contributed by atoms with Crippen LogP contribution in [0.4, 0.5) is 9.39 Å². The number of ether oxygens (including phenoxy) is 1. The lowest BCUT2D eigenvalue weighted by Gasteiger charge is -2.05. The lowest BCUT2D eigenvalue weighted by atomic mass is 10.1. The van der Waals surface area contributed by atoms with Crippen molar-refractivity contribution in [2.45, 2.75) is 11.8 Å². The molecule has 3 N–H and O–H groups in total. The van der Waals surface area contributed by atoms with E-state index >= 15 is 0 Å². The summed E-state index contributed by atoms with van der Waals surface area (Å²) in [4.78, 5) is 36.4. The van der Waals surface area contributed by atoms with E-state index in [2.05, 4.69) is 10.1 Å². The standard InChI is InChI=1S/C16H15FN2O4S2/c1-8-12(14(18)21)15(25-13(8)16(22)23-2)19-11(20)7-24-10-5-3-9(17)4-6-10/h3-6H,7H2,1-2H3,(H2,18,21)(H,19,20). The number of carbonyl (C=O) groups is 3. The fourth-order valence-electron chi connectivity index (χ4n) is 2.03. The second kappa shape index (κ2) is 8.13. The van der Waals surface area contributed by atoms with Crippen LogP contribution in [0.2, 0.25) is 0 Å². The molecular formula is C16H15FN2O4S2. The van der Waals surface area contributed by atoms with Crippen LogP contribution in [0.25, 0.3) is 0 Å². The molecule has 2 rings (SSSR count). The predicted molar refractivity (Wildman–Crippen MR) is 94.7 cm³/mol. The Balaban J connectivity index is 2.12. The minimum Gasteiger partial charge on any atom is -0.465 e. The van der Waals surface area contributed by atoms with Gasteiger partial charge in [0.2, 0.25) is 5.91 Å². The van der Waals surface area contributed by atoms with Crippen LogP contribution in [0.15, 0.2) is 29.2 Å². The van der Waals surface area contributed by atoms with Crippen molar-refractivity contribution >= 4 is 45.9 Å². The summed E-state index contributed by atoms with van der Waals surface area (Å²) in [6.07, 6.45) is 0. The Morgan fingerprint density at radius 3 is 2.48 bits per heavy atom. The van der Waals surface area contributed by atoms with Crippen molar-refractivity contribution in [1.82, 2.24) is 0 Å². The first-order chi connectivity index (χ1) is 11.8. The van der Waals surface area contributed by atoms with Crippen molar-refractivity contribution in [2.75, 3.05) is 18.2 Å². The van der Waals surface area contributed by atoms with Crippen LogP contribution in [-0.4, -0.2) is 30.6 Å². The maximum Gasteiger partial charge on any atom is 0.348 e. The zero-order valence-electron chi connectivity index (χ0n) is 13.4. The van der Waals surface area contributed by atoms with Crippen LogP contribution in [0.5, 0.6) is 0 Å². The molecule has 2 amide bonds. The molecule has 0 aliphatic heterocycles. The number of thiophene rings is 1. The first kappa shape index (κ1) is 18.9. The van der Waals surface area contributed by atoms with Crippen molar-refractivity contribution in [3.8, 4) is 0 Å². The number of hydrogen-bond acceptors (Lipinski definition) is 6. The first-order valence-corrected chi connectivity index (χ1v) is 8.83. The average molecular weight is 382 g/mol. The summed E-state index contributed by atoms with van der Waals surface area (Å²) in [5.41, 5.74) is 5.80. The summed E-state index contributed by atoms with van der Waals surface area (Å²) in [6.45, 7) is 1.56. The molecule has 0 aliphatic rings. The van der Waals surface area contributed by atoms with Crippen LogP contribution in [0.1, 0.15) is 25.6 Å². The van der Waals surface area contributed by atoms with Gasteiger partial charge in [-0.05, 0) is 36.8 Å². The average Bonchev–Trinajstić information content (AvgIpc) is 2.89. The van der Waals surface area contributed by atoms with Gasteiger partial charge in [0.05, 0.1) is 18.4 Å². The molecule has 9 heteroatoms. The van der Waals surface area contributed by atoms with Crippen LogP contribution in [-0.2, 0) is 9.53 Å². The number of nitrogens with one attached hydrogen (secondary N) is 1. The zero-order valence-corrected chi connectivity index (χ0v) is 15.1. The van der Waals surface area contributed by atoms with E-state index in [0.29, 0.717) is 5.56 Å². The molecule has 6 nitrogen and oxygen atoms in total. The number of anilines is 1. The van der Waals surface area contributed by atoms with Crippen molar-refractivity contribution in [3.05, 3.63) is 46.1 Å². The Morgan fingerprint density at radius 1 is 1.28 bits per heavy atom. The molecule has 25 heavy (non-hydrogen) atoms. The fraction of sp³-hybridized carbons (Fsp3) is 0.188. The Hall–Kier alpha value is -2.39. The molecule has 0 bridgehead atoms. The van der Waals surface area contributed by atoms with Gasteiger partial charge in [0, 0.05) is 4.90 Å². The quantitative estimate of drug-likeness (QED) is 0.591. The number of carbonyl (C=O) groups excluding carboxylic acids is 3.